The van der Waals surface area contributed by atoms with Crippen LogP contribution in [0, 0.1) is 59.2 Å². The van der Waals surface area contributed by atoms with Gasteiger partial charge in [0.15, 0.2) is 0 Å². The summed E-state index contributed by atoms with van der Waals surface area (Å²) in [5, 5.41) is 7.77. The van der Waals surface area contributed by atoms with Gasteiger partial charge in [-0.3, -0.25) is 0 Å². The van der Waals surface area contributed by atoms with Crippen molar-refractivity contribution in [3.05, 3.63) is 35.4 Å². The first kappa shape index (κ1) is 26.4. The van der Waals surface area contributed by atoms with Crippen LogP contribution in [0.3, 0.4) is 0 Å². The topological polar surface area (TPSA) is 24.1 Å². The third-order valence-corrected chi connectivity index (χ3v) is 19.6. The smallest absolute Gasteiger partial charge is 0.0181 e. The number of hydrogen-bond donors (Lipinski definition) is 2. The van der Waals surface area contributed by atoms with Crippen molar-refractivity contribution in [2.75, 3.05) is 26.2 Å². The van der Waals surface area contributed by atoms with Crippen LogP contribution >= 0.6 is 17.2 Å². The van der Waals surface area contributed by atoms with Gasteiger partial charge in [-0.25, -0.2) is 0 Å². The third-order valence-electron chi connectivity index (χ3n) is 14.4. The Morgan fingerprint density at radius 1 is 0.650 bits per heavy atom. The predicted molar refractivity (Wildman–Crippen MR) is 172 cm³/mol. The average molecular weight is 577 g/mol. The maximum Gasteiger partial charge on any atom is 0.0181 e. The Bertz CT molecular complexity index is 976. The van der Waals surface area contributed by atoms with Gasteiger partial charge in [-0.05, 0) is 191 Å². The molecule has 3 atom stereocenters. The van der Waals surface area contributed by atoms with Gasteiger partial charge >= 0.3 is 0 Å². The summed E-state index contributed by atoms with van der Waals surface area (Å²) in [5.74, 6) is 10.3. The van der Waals surface area contributed by atoms with Gasteiger partial charge in [0.05, 0.1) is 0 Å². The van der Waals surface area contributed by atoms with Crippen molar-refractivity contribution >= 4 is 17.2 Å². The Morgan fingerprint density at radius 3 is 1.52 bits per heavy atom. The van der Waals surface area contributed by atoms with E-state index >= 15 is 0 Å². The standard InChI is InChI=1S/C36H54N2P2/c39-36(31-5-7-37-19-31,32-6-8-38-20-32)33-4-2-1-3-26(33)21-40(34-27-11-22-9-23(13-27)14-28(34)12-22)35-29-15-24-10-25(17-29)18-30(35)16-24/h1-4,22-25,27-32,34-35,37-38H,5-21,39H2. The van der Waals surface area contributed by atoms with Gasteiger partial charge in [0.25, 0.3) is 0 Å². The highest BCUT2D eigenvalue weighted by Gasteiger charge is 2.57. The summed E-state index contributed by atoms with van der Waals surface area (Å²) in [5.41, 5.74) is 5.74. The molecule has 8 bridgehead atoms. The lowest BCUT2D eigenvalue weighted by Crippen LogP contribution is -2.52. The summed E-state index contributed by atoms with van der Waals surface area (Å²) in [6.07, 6.45) is 20.2. The number of nitrogens with one attached hydrogen (secondary N) is 2. The molecule has 0 aromatic heterocycles. The zero-order valence-corrected chi connectivity index (χ0v) is 26.8. The maximum absolute atomic E-state index is 3.78. The fraction of sp³-hybridized carbons (Fsp3) is 0.833. The van der Waals surface area contributed by atoms with Crippen LogP contribution in [0.15, 0.2) is 24.3 Å². The van der Waals surface area contributed by atoms with E-state index in [1.54, 1.807) is 75.3 Å². The van der Waals surface area contributed by atoms with Crippen molar-refractivity contribution in [2.45, 2.75) is 99.7 Å². The summed E-state index contributed by atoms with van der Waals surface area (Å²) in [6, 6.07) is 10.1. The fourth-order valence-electron chi connectivity index (χ4n) is 13.5. The van der Waals surface area contributed by atoms with Gasteiger partial charge in [0, 0.05) is 5.16 Å². The van der Waals surface area contributed by atoms with Gasteiger partial charge in [0.2, 0.25) is 0 Å². The lowest BCUT2D eigenvalue weighted by Gasteiger charge is -2.62. The summed E-state index contributed by atoms with van der Waals surface area (Å²) >= 11 is 0. The first-order valence-electron chi connectivity index (χ1n) is 17.7. The highest BCUT2D eigenvalue weighted by atomic mass is 31.1. The van der Waals surface area contributed by atoms with E-state index in [-0.39, 0.29) is 13.1 Å². The predicted octanol–water partition coefficient (Wildman–Crippen LogP) is 7.61. The second kappa shape index (κ2) is 10.3. The molecule has 1 aromatic rings. The Morgan fingerprint density at radius 2 is 1.10 bits per heavy atom. The molecule has 2 N–H and O–H groups in total. The number of rotatable bonds is 7. The zero-order chi connectivity index (χ0) is 26.4. The largest absolute Gasteiger partial charge is 0.316 e. The first-order chi connectivity index (χ1) is 19.6. The summed E-state index contributed by atoms with van der Waals surface area (Å²) in [4.78, 5) is 0. The van der Waals surface area contributed by atoms with E-state index in [1.807, 2.05) is 0 Å². The molecule has 2 saturated heterocycles. The third kappa shape index (κ3) is 4.22. The van der Waals surface area contributed by atoms with Crippen LogP contribution in [-0.4, -0.2) is 37.5 Å². The maximum atomic E-state index is 3.78. The Kier molecular flexibility index (Phi) is 6.79. The van der Waals surface area contributed by atoms with Gasteiger partial charge in [-0.1, -0.05) is 32.2 Å². The molecule has 218 valence electrons. The van der Waals surface area contributed by atoms with E-state index in [0.29, 0.717) is 0 Å². The fourth-order valence-corrected chi connectivity index (χ4v) is 18.9. The summed E-state index contributed by atoms with van der Waals surface area (Å²) in [6.45, 7) is 4.82. The van der Waals surface area contributed by atoms with Crippen LogP contribution in [-0.2, 0) is 11.3 Å². The van der Waals surface area contributed by atoms with Crippen LogP contribution in [0.4, 0.5) is 0 Å². The first-order valence-corrected chi connectivity index (χ1v) is 19.9. The minimum atomic E-state index is 0.0350. The molecule has 1 aromatic carbocycles. The van der Waals surface area contributed by atoms with Crippen molar-refractivity contribution in [3.8, 4) is 0 Å². The number of hydrogen-bond acceptors (Lipinski definition) is 2. The van der Waals surface area contributed by atoms with E-state index in [9.17, 15) is 0 Å². The van der Waals surface area contributed by atoms with Gasteiger partial charge < -0.3 is 10.6 Å². The lowest BCUT2D eigenvalue weighted by molar-refractivity contribution is 0.0129. The molecule has 10 fully saturated rings. The van der Waals surface area contributed by atoms with E-state index in [4.69, 9.17) is 0 Å². The summed E-state index contributed by atoms with van der Waals surface area (Å²) < 4.78 is 0. The van der Waals surface area contributed by atoms with Crippen molar-refractivity contribution in [1.82, 2.24) is 10.6 Å². The normalized spacial score (nSPS) is 49.0. The molecule has 2 nitrogen and oxygen atoms in total. The van der Waals surface area contributed by atoms with Crippen LogP contribution in [0.5, 0.6) is 0 Å². The van der Waals surface area contributed by atoms with Crippen molar-refractivity contribution in [2.24, 2.45) is 59.2 Å². The molecule has 40 heavy (non-hydrogen) atoms. The lowest BCUT2D eigenvalue weighted by atomic mass is 9.55. The molecule has 8 saturated carbocycles. The second-order valence-corrected chi connectivity index (χ2v) is 20.0. The molecule has 2 aliphatic heterocycles. The molecule has 4 heteroatoms. The molecule has 0 amide bonds. The highest BCUT2D eigenvalue weighted by molar-refractivity contribution is 7.58. The zero-order valence-electron chi connectivity index (χ0n) is 24.8. The SMILES string of the molecule is PC(c1ccccc1CP(C1C2CC3CC(C2)CC1C3)C1C2CC3CC(C2)CC1C3)(C1CCNC1)C1CCNC1. The van der Waals surface area contributed by atoms with Crippen LogP contribution in [0.2, 0.25) is 0 Å². The molecule has 2 heterocycles. The minimum Gasteiger partial charge on any atom is -0.316 e. The minimum absolute atomic E-state index is 0.0350. The Labute approximate surface area is 247 Å². The van der Waals surface area contributed by atoms with Gasteiger partial charge in [0.1, 0.15) is 0 Å². The van der Waals surface area contributed by atoms with Crippen molar-refractivity contribution < 1.29 is 0 Å². The molecule has 10 aliphatic rings. The van der Waals surface area contributed by atoms with E-state index < -0.39 is 0 Å². The Hall–Kier alpha value is -0.0000000000000000416. The van der Waals surface area contributed by atoms with Crippen molar-refractivity contribution in [1.29, 1.82) is 0 Å². The highest BCUT2D eigenvalue weighted by Crippen LogP contribution is 2.72. The number of benzene rings is 1. The van der Waals surface area contributed by atoms with Crippen molar-refractivity contribution in [3.63, 3.8) is 0 Å². The summed E-state index contributed by atoms with van der Waals surface area (Å²) in [7, 11) is 3.60. The quantitative estimate of drug-likeness (QED) is 0.327. The molecule has 3 unspecified atom stereocenters. The monoisotopic (exact) mass is 576 g/mol. The molecule has 0 radical (unpaired) electrons. The van der Waals surface area contributed by atoms with Crippen LogP contribution in [0.1, 0.15) is 88.2 Å². The van der Waals surface area contributed by atoms with Gasteiger partial charge in [-0.2, -0.15) is 0 Å². The van der Waals surface area contributed by atoms with E-state index in [1.165, 1.54) is 45.2 Å². The Balaban J connectivity index is 1.11. The van der Waals surface area contributed by atoms with E-state index in [2.05, 4.69) is 44.1 Å². The molecule has 8 aliphatic carbocycles. The molecular weight excluding hydrogens is 522 g/mol. The van der Waals surface area contributed by atoms with E-state index in [0.717, 1.165) is 70.5 Å². The molecule has 0 spiro atoms. The van der Waals surface area contributed by atoms with Crippen LogP contribution < -0.4 is 10.6 Å². The average Bonchev–Trinajstić information content (AvgIpc) is 3.67. The second-order valence-electron chi connectivity index (χ2n) is 16.5. The molecule has 11 rings (SSSR count). The van der Waals surface area contributed by atoms with Gasteiger partial charge in [-0.15, -0.1) is 9.24 Å². The van der Waals surface area contributed by atoms with Crippen LogP contribution in [0.25, 0.3) is 0 Å². The molecular formula is C36H54N2P2.